The van der Waals surface area contributed by atoms with Gasteiger partial charge in [-0.2, -0.15) is 0 Å². The summed E-state index contributed by atoms with van der Waals surface area (Å²) in [4.78, 5) is 0. The zero-order valence-electron chi connectivity index (χ0n) is 9.33. The topological polar surface area (TPSA) is 15.3 Å². The quantitative estimate of drug-likeness (QED) is 0.707. The monoisotopic (exact) mass is 204 g/mol. The fourth-order valence-corrected chi connectivity index (χ4v) is 4.39. The van der Waals surface area contributed by atoms with E-state index < -0.39 is 8.24 Å². The van der Waals surface area contributed by atoms with Gasteiger partial charge in [0.15, 0.2) is 0 Å². The van der Waals surface area contributed by atoms with Crippen LogP contribution in [0.25, 0.3) is 0 Å². The van der Waals surface area contributed by atoms with E-state index in [0.29, 0.717) is 6.98 Å². The van der Waals surface area contributed by atoms with Gasteiger partial charge in [-0.3, -0.25) is 0 Å². The number of rotatable bonds is 1. The van der Waals surface area contributed by atoms with Gasteiger partial charge in [-0.25, -0.2) is 0 Å². The second-order valence-electron chi connectivity index (χ2n) is 4.88. The van der Waals surface area contributed by atoms with Crippen molar-refractivity contribution in [1.29, 1.82) is 0 Å². The van der Waals surface area contributed by atoms with Crippen LogP contribution in [-0.2, 0) is 0 Å². The summed E-state index contributed by atoms with van der Waals surface area (Å²) in [7, 11) is -1.27. The van der Waals surface area contributed by atoms with Crippen molar-refractivity contribution in [1.82, 2.24) is 0 Å². The SMILES string of the molecule is CB1Nc2ccccc2N1[Si](C)(C)C. The van der Waals surface area contributed by atoms with Gasteiger partial charge in [0.2, 0.25) is 0 Å². The van der Waals surface area contributed by atoms with Gasteiger partial charge in [0.25, 0.3) is 0 Å². The highest BCUT2D eigenvalue weighted by molar-refractivity contribution is 6.94. The van der Waals surface area contributed by atoms with Crippen LogP contribution < -0.4 is 9.70 Å². The molecule has 0 aromatic heterocycles. The van der Waals surface area contributed by atoms with Gasteiger partial charge in [-0.1, -0.05) is 31.8 Å². The fraction of sp³-hybridized carbons (Fsp3) is 0.400. The molecule has 0 amide bonds. The molecule has 0 aliphatic carbocycles. The average Bonchev–Trinajstić information content (AvgIpc) is 2.38. The lowest BCUT2D eigenvalue weighted by molar-refractivity contribution is 1.45. The molecule has 2 rings (SSSR count). The second-order valence-corrected chi connectivity index (χ2v) is 9.70. The third kappa shape index (κ3) is 1.43. The molecule has 2 nitrogen and oxygen atoms in total. The van der Waals surface area contributed by atoms with Crippen LogP contribution >= 0.6 is 0 Å². The molecule has 0 unspecified atom stereocenters. The van der Waals surface area contributed by atoms with Crippen LogP contribution in [0, 0.1) is 0 Å². The fourth-order valence-electron chi connectivity index (χ4n) is 2.25. The number of hydrogen-bond donors (Lipinski definition) is 1. The first-order chi connectivity index (χ1) is 6.50. The van der Waals surface area contributed by atoms with Gasteiger partial charge in [-0.15, -0.1) is 0 Å². The van der Waals surface area contributed by atoms with Crippen LogP contribution in [0.5, 0.6) is 0 Å². The lowest BCUT2D eigenvalue weighted by Crippen LogP contribution is -2.53. The van der Waals surface area contributed by atoms with Crippen LogP contribution in [0.3, 0.4) is 0 Å². The van der Waals surface area contributed by atoms with Gasteiger partial charge >= 0.3 is 6.98 Å². The van der Waals surface area contributed by atoms with Crippen LogP contribution in [-0.4, -0.2) is 15.2 Å². The molecule has 1 N–H and O–H groups in total. The van der Waals surface area contributed by atoms with E-state index in [2.05, 4.69) is 60.4 Å². The van der Waals surface area contributed by atoms with Crippen molar-refractivity contribution in [2.24, 2.45) is 0 Å². The van der Waals surface area contributed by atoms with Gasteiger partial charge in [0, 0.05) is 11.4 Å². The van der Waals surface area contributed by atoms with E-state index in [0.717, 1.165) is 0 Å². The zero-order chi connectivity index (χ0) is 10.3. The Kier molecular flexibility index (Phi) is 2.10. The maximum Gasteiger partial charge on any atom is 0.361 e. The maximum atomic E-state index is 3.51. The molecular weight excluding hydrogens is 187 g/mol. The van der Waals surface area contributed by atoms with Crippen molar-refractivity contribution < 1.29 is 0 Å². The molecule has 0 radical (unpaired) electrons. The summed E-state index contributed by atoms with van der Waals surface area (Å²) < 4.78 is 2.56. The Bertz CT molecular complexity index is 348. The molecule has 1 aliphatic heterocycles. The summed E-state index contributed by atoms with van der Waals surface area (Å²) in [6.45, 7) is 9.82. The van der Waals surface area contributed by atoms with Gasteiger partial charge in [0.05, 0.1) is 0 Å². The molecule has 0 fully saturated rings. The standard InChI is InChI=1S/C10H17BN2Si/c1-11-12-9-7-5-6-8-10(9)13(11)14(2,3)4/h5-8,12H,1-4H3. The van der Waals surface area contributed by atoms with E-state index in [-0.39, 0.29) is 0 Å². The molecule has 0 atom stereocenters. The number of fused-ring (bicyclic) bond motifs is 1. The number of nitrogens with zero attached hydrogens (tertiary/aromatic N) is 1. The van der Waals surface area contributed by atoms with Crippen molar-refractivity contribution in [3.63, 3.8) is 0 Å². The minimum atomic E-state index is -1.27. The number of benzene rings is 1. The molecule has 1 aromatic rings. The molecular formula is C10H17BN2Si. The summed E-state index contributed by atoms with van der Waals surface area (Å²) in [6, 6.07) is 8.58. The summed E-state index contributed by atoms with van der Waals surface area (Å²) in [5.74, 6) is 0. The van der Waals surface area contributed by atoms with Crippen molar-refractivity contribution in [3.05, 3.63) is 24.3 Å². The van der Waals surface area contributed by atoms with E-state index in [1.54, 1.807) is 0 Å². The minimum absolute atomic E-state index is 0.444. The molecule has 1 aliphatic rings. The first kappa shape index (κ1) is 9.65. The maximum absolute atomic E-state index is 3.51. The number of nitrogens with one attached hydrogen (secondary N) is 1. The van der Waals surface area contributed by atoms with Crippen LogP contribution in [0.2, 0.25) is 26.5 Å². The first-order valence-corrected chi connectivity index (χ1v) is 8.60. The van der Waals surface area contributed by atoms with E-state index in [1.165, 1.54) is 11.4 Å². The van der Waals surface area contributed by atoms with Crippen LogP contribution in [0.1, 0.15) is 0 Å². The average molecular weight is 204 g/mol. The molecule has 0 saturated heterocycles. The molecule has 0 saturated carbocycles. The van der Waals surface area contributed by atoms with E-state index >= 15 is 0 Å². The predicted molar refractivity (Wildman–Crippen MR) is 67.5 cm³/mol. The Morgan fingerprint density at radius 2 is 1.86 bits per heavy atom. The number of hydrogen-bond acceptors (Lipinski definition) is 2. The van der Waals surface area contributed by atoms with E-state index in [9.17, 15) is 0 Å². The van der Waals surface area contributed by atoms with Gasteiger partial charge in [-0.05, 0) is 19.0 Å². The van der Waals surface area contributed by atoms with Crippen molar-refractivity contribution >= 4 is 26.6 Å². The Balaban J connectivity index is 2.45. The summed E-state index contributed by atoms with van der Waals surface area (Å²) in [5, 5.41) is 3.51. The van der Waals surface area contributed by atoms with E-state index in [1.807, 2.05) is 0 Å². The van der Waals surface area contributed by atoms with Crippen molar-refractivity contribution in [2.75, 3.05) is 9.70 Å². The highest BCUT2D eigenvalue weighted by Crippen LogP contribution is 2.35. The van der Waals surface area contributed by atoms with Crippen molar-refractivity contribution in [2.45, 2.75) is 26.5 Å². The molecule has 1 heterocycles. The smallest absolute Gasteiger partial charge is 0.361 e. The minimum Gasteiger partial charge on any atom is -0.422 e. The molecule has 74 valence electrons. The molecule has 4 heteroatoms. The molecule has 14 heavy (non-hydrogen) atoms. The predicted octanol–water partition coefficient (Wildman–Crippen LogP) is 2.87. The van der Waals surface area contributed by atoms with Crippen molar-refractivity contribution in [3.8, 4) is 0 Å². The van der Waals surface area contributed by atoms with Gasteiger partial charge in [0.1, 0.15) is 8.24 Å². The Hall–Kier alpha value is -0.898. The lowest BCUT2D eigenvalue weighted by atomic mass is 9.83. The van der Waals surface area contributed by atoms with Crippen LogP contribution in [0.15, 0.2) is 24.3 Å². The molecule has 1 aromatic carbocycles. The highest BCUT2D eigenvalue weighted by atomic mass is 28.3. The number of para-hydroxylation sites is 2. The van der Waals surface area contributed by atoms with Crippen LogP contribution in [0.4, 0.5) is 11.4 Å². The first-order valence-electron chi connectivity index (χ1n) is 5.15. The molecule has 0 bridgehead atoms. The molecule has 0 spiro atoms. The third-order valence-corrected chi connectivity index (χ3v) is 4.71. The summed E-state index contributed by atoms with van der Waals surface area (Å²) in [5.41, 5.74) is 2.65. The Morgan fingerprint density at radius 3 is 2.50 bits per heavy atom. The highest BCUT2D eigenvalue weighted by Gasteiger charge is 2.36. The Labute approximate surface area is 87.5 Å². The Morgan fingerprint density at radius 1 is 1.21 bits per heavy atom. The summed E-state index contributed by atoms with van der Waals surface area (Å²) >= 11 is 0. The van der Waals surface area contributed by atoms with Gasteiger partial charge < -0.3 is 9.70 Å². The lowest BCUT2D eigenvalue weighted by Gasteiger charge is -2.34. The van der Waals surface area contributed by atoms with E-state index in [4.69, 9.17) is 0 Å². The normalized spacial score (nSPS) is 15.4. The third-order valence-electron chi connectivity index (χ3n) is 2.64. The summed E-state index contributed by atoms with van der Waals surface area (Å²) in [6.07, 6.45) is 0. The zero-order valence-corrected chi connectivity index (χ0v) is 10.3. The second kappa shape index (κ2) is 3.05. The number of anilines is 2. The largest absolute Gasteiger partial charge is 0.422 e.